The number of carboxylic acid groups (broad SMARTS) is 1. The Balaban J connectivity index is 1.92. The van der Waals surface area contributed by atoms with E-state index in [1.165, 1.54) is 12.8 Å². The van der Waals surface area contributed by atoms with Crippen LogP contribution >= 0.6 is 0 Å². The molecule has 0 bridgehead atoms. The van der Waals surface area contributed by atoms with E-state index in [1.807, 2.05) is 18.2 Å². The van der Waals surface area contributed by atoms with Gasteiger partial charge in [0, 0.05) is 11.9 Å². The lowest BCUT2D eigenvalue weighted by Crippen LogP contribution is -2.15. The van der Waals surface area contributed by atoms with Crippen molar-refractivity contribution in [3.8, 4) is 0 Å². The second kappa shape index (κ2) is 6.57. The van der Waals surface area contributed by atoms with E-state index in [-0.39, 0.29) is 5.76 Å². The van der Waals surface area contributed by atoms with Crippen molar-refractivity contribution < 1.29 is 14.3 Å². The summed E-state index contributed by atoms with van der Waals surface area (Å²) in [7, 11) is 0. The zero-order valence-electron chi connectivity index (χ0n) is 12.0. The Kier molecular flexibility index (Phi) is 4.79. The van der Waals surface area contributed by atoms with Gasteiger partial charge in [0.2, 0.25) is 5.76 Å². The van der Waals surface area contributed by atoms with E-state index in [0.29, 0.717) is 5.58 Å². The molecule has 2 aromatic rings. The Labute approximate surface area is 118 Å². The van der Waals surface area contributed by atoms with Gasteiger partial charge < -0.3 is 14.8 Å². The van der Waals surface area contributed by atoms with Crippen LogP contribution in [0.5, 0.6) is 0 Å². The molecule has 0 radical (unpaired) electrons. The fourth-order valence-corrected chi connectivity index (χ4v) is 2.18. The Morgan fingerprint density at radius 2 is 2.15 bits per heavy atom. The average Bonchev–Trinajstić information content (AvgIpc) is 2.81. The minimum Gasteiger partial charge on any atom is -0.475 e. The zero-order chi connectivity index (χ0) is 14.5. The van der Waals surface area contributed by atoms with Gasteiger partial charge in [0.05, 0.1) is 0 Å². The second-order valence-corrected chi connectivity index (χ2v) is 5.50. The molecule has 1 aromatic heterocycles. The minimum atomic E-state index is -1.03. The molecule has 4 heteroatoms. The molecular formula is C16H21NO3. The third-order valence-electron chi connectivity index (χ3n) is 3.26. The van der Waals surface area contributed by atoms with Gasteiger partial charge in [-0.15, -0.1) is 0 Å². The lowest BCUT2D eigenvalue weighted by Gasteiger charge is -2.06. The summed E-state index contributed by atoms with van der Waals surface area (Å²) in [6.07, 6.45) is 2.41. The topological polar surface area (TPSA) is 62.5 Å². The van der Waals surface area contributed by atoms with E-state index < -0.39 is 5.97 Å². The van der Waals surface area contributed by atoms with Gasteiger partial charge in [0.15, 0.2) is 0 Å². The molecule has 4 nitrogen and oxygen atoms in total. The number of carbonyl (C=O) groups is 1. The molecule has 0 unspecified atom stereocenters. The van der Waals surface area contributed by atoms with Gasteiger partial charge >= 0.3 is 5.97 Å². The normalized spacial score (nSPS) is 11.3. The van der Waals surface area contributed by atoms with Crippen molar-refractivity contribution in [1.29, 1.82) is 0 Å². The molecule has 0 atom stereocenters. The Bertz CT molecular complexity index is 586. The van der Waals surface area contributed by atoms with Crippen LogP contribution in [-0.4, -0.2) is 17.6 Å². The summed E-state index contributed by atoms with van der Waals surface area (Å²) in [5.41, 5.74) is 1.76. The maximum Gasteiger partial charge on any atom is 0.371 e. The quantitative estimate of drug-likeness (QED) is 0.757. The largest absolute Gasteiger partial charge is 0.475 e. The fraction of sp³-hybridized carbons (Fsp3) is 0.438. The first-order chi connectivity index (χ1) is 9.56. The average molecular weight is 275 g/mol. The maximum absolute atomic E-state index is 10.8. The van der Waals surface area contributed by atoms with Crippen LogP contribution < -0.4 is 5.32 Å². The van der Waals surface area contributed by atoms with Crippen LogP contribution in [0.2, 0.25) is 0 Å². The first-order valence-electron chi connectivity index (χ1n) is 7.02. The van der Waals surface area contributed by atoms with Crippen LogP contribution in [0.3, 0.4) is 0 Å². The molecule has 0 amide bonds. The summed E-state index contributed by atoms with van der Waals surface area (Å²) in [5.74, 6) is -0.301. The number of carboxylic acids is 1. The summed E-state index contributed by atoms with van der Waals surface area (Å²) in [6.45, 7) is 6.25. The zero-order valence-corrected chi connectivity index (χ0v) is 12.0. The number of aromatic carboxylic acids is 1. The number of rotatable bonds is 7. The lowest BCUT2D eigenvalue weighted by atomic mass is 10.1. The monoisotopic (exact) mass is 275 g/mol. The summed E-state index contributed by atoms with van der Waals surface area (Å²) in [4.78, 5) is 10.8. The smallest absolute Gasteiger partial charge is 0.371 e. The van der Waals surface area contributed by atoms with Crippen molar-refractivity contribution >= 4 is 16.9 Å². The van der Waals surface area contributed by atoms with Crippen LogP contribution in [0.15, 0.2) is 28.7 Å². The van der Waals surface area contributed by atoms with Crippen LogP contribution in [0.25, 0.3) is 11.0 Å². The van der Waals surface area contributed by atoms with Gasteiger partial charge in [-0.1, -0.05) is 19.9 Å². The number of fused-ring (bicyclic) bond motifs is 1. The van der Waals surface area contributed by atoms with Crippen molar-refractivity contribution in [2.24, 2.45) is 5.92 Å². The third kappa shape index (κ3) is 3.84. The highest BCUT2D eigenvalue weighted by atomic mass is 16.4. The molecule has 1 heterocycles. The minimum absolute atomic E-state index is 0.0120. The van der Waals surface area contributed by atoms with Crippen molar-refractivity contribution in [3.05, 3.63) is 35.6 Å². The first kappa shape index (κ1) is 14.6. The highest BCUT2D eigenvalue weighted by Gasteiger charge is 2.10. The molecule has 0 aliphatic rings. The van der Waals surface area contributed by atoms with Crippen molar-refractivity contribution in [2.45, 2.75) is 33.2 Å². The Morgan fingerprint density at radius 3 is 2.85 bits per heavy atom. The highest BCUT2D eigenvalue weighted by molar-refractivity contribution is 5.91. The standard InChI is InChI=1S/C16H21NO3/c1-11(2)4-3-7-17-10-12-5-6-14-13(8-12)9-15(20-14)16(18)19/h5-6,8-9,11,17H,3-4,7,10H2,1-2H3,(H,18,19). The number of hydrogen-bond acceptors (Lipinski definition) is 3. The van der Waals surface area contributed by atoms with Gasteiger partial charge in [-0.25, -0.2) is 4.79 Å². The molecule has 0 aliphatic heterocycles. The number of hydrogen-bond donors (Lipinski definition) is 2. The molecule has 0 aliphatic carbocycles. The molecule has 1 aromatic carbocycles. The van der Waals surface area contributed by atoms with Gasteiger partial charge in [-0.05, 0) is 49.1 Å². The van der Waals surface area contributed by atoms with E-state index in [1.54, 1.807) is 6.07 Å². The van der Waals surface area contributed by atoms with Crippen molar-refractivity contribution in [1.82, 2.24) is 5.32 Å². The second-order valence-electron chi connectivity index (χ2n) is 5.50. The predicted molar refractivity (Wildman–Crippen MR) is 79.0 cm³/mol. The van der Waals surface area contributed by atoms with E-state index in [9.17, 15) is 4.79 Å². The van der Waals surface area contributed by atoms with Gasteiger partial charge in [-0.3, -0.25) is 0 Å². The number of nitrogens with one attached hydrogen (secondary N) is 1. The molecule has 0 fully saturated rings. The molecule has 2 rings (SSSR count). The van der Waals surface area contributed by atoms with E-state index in [0.717, 1.165) is 30.0 Å². The van der Waals surface area contributed by atoms with Crippen LogP contribution in [0, 0.1) is 5.92 Å². The molecule has 0 saturated carbocycles. The van der Waals surface area contributed by atoms with Gasteiger partial charge in [0.25, 0.3) is 0 Å². The summed E-state index contributed by atoms with van der Waals surface area (Å²) >= 11 is 0. The number of benzene rings is 1. The van der Waals surface area contributed by atoms with Crippen LogP contribution in [0.4, 0.5) is 0 Å². The molecule has 0 spiro atoms. The Hall–Kier alpha value is -1.81. The van der Waals surface area contributed by atoms with Crippen molar-refractivity contribution in [2.75, 3.05) is 6.54 Å². The van der Waals surface area contributed by atoms with Gasteiger partial charge in [0.1, 0.15) is 5.58 Å². The Morgan fingerprint density at radius 1 is 1.35 bits per heavy atom. The molecular weight excluding hydrogens is 254 g/mol. The molecule has 20 heavy (non-hydrogen) atoms. The first-order valence-corrected chi connectivity index (χ1v) is 7.02. The van der Waals surface area contributed by atoms with E-state index in [4.69, 9.17) is 9.52 Å². The van der Waals surface area contributed by atoms with Crippen molar-refractivity contribution in [3.63, 3.8) is 0 Å². The van der Waals surface area contributed by atoms with Crippen LogP contribution in [0.1, 0.15) is 42.8 Å². The maximum atomic E-state index is 10.8. The fourth-order valence-electron chi connectivity index (χ4n) is 2.18. The van der Waals surface area contributed by atoms with Gasteiger partial charge in [-0.2, -0.15) is 0 Å². The third-order valence-corrected chi connectivity index (χ3v) is 3.26. The highest BCUT2D eigenvalue weighted by Crippen LogP contribution is 2.20. The van der Waals surface area contributed by atoms with Crippen LogP contribution in [-0.2, 0) is 6.54 Å². The molecule has 2 N–H and O–H groups in total. The molecule has 108 valence electrons. The summed E-state index contributed by atoms with van der Waals surface area (Å²) < 4.78 is 5.23. The summed E-state index contributed by atoms with van der Waals surface area (Å²) in [6, 6.07) is 7.33. The SMILES string of the molecule is CC(C)CCCNCc1ccc2oc(C(=O)O)cc2c1. The number of furan rings is 1. The van der Waals surface area contributed by atoms with E-state index >= 15 is 0 Å². The lowest BCUT2D eigenvalue weighted by molar-refractivity contribution is 0.0665. The molecule has 0 saturated heterocycles. The predicted octanol–water partition coefficient (Wildman–Crippen LogP) is 3.66. The summed E-state index contributed by atoms with van der Waals surface area (Å²) in [5, 5.41) is 13.1. The van der Waals surface area contributed by atoms with E-state index in [2.05, 4.69) is 19.2 Å².